The van der Waals surface area contributed by atoms with E-state index in [9.17, 15) is 4.79 Å². The van der Waals surface area contributed by atoms with E-state index in [-0.39, 0.29) is 5.91 Å². The van der Waals surface area contributed by atoms with E-state index in [1.807, 2.05) is 61.5 Å². The summed E-state index contributed by atoms with van der Waals surface area (Å²) >= 11 is 3.47. The molecule has 6 nitrogen and oxygen atoms in total. The maximum atomic E-state index is 12.7. The zero-order valence-corrected chi connectivity index (χ0v) is 16.8. The van der Waals surface area contributed by atoms with Gasteiger partial charge < -0.3 is 5.32 Å². The van der Waals surface area contributed by atoms with Crippen molar-refractivity contribution in [3.63, 3.8) is 0 Å². The summed E-state index contributed by atoms with van der Waals surface area (Å²) in [6.07, 6.45) is 1.67. The molecular formula is C21H18BrN5O. The molecule has 0 aliphatic rings. The minimum absolute atomic E-state index is 0.270. The van der Waals surface area contributed by atoms with Crippen molar-refractivity contribution in [2.75, 3.05) is 5.32 Å². The number of hydrogen-bond donors (Lipinski definition) is 1. The van der Waals surface area contributed by atoms with Gasteiger partial charge in [-0.1, -0.05) is 46.3 Å². The predicted molar refractivity (Wildman–Crippen MR) is 112 cm³/mol. The van der Waals surface area contributed by atoms with Gasteiger partial charge in [0.1, 0.15) is 5.82 Å². The summed E-state index contributed by atoms with van der Waals surface area (Å²) in [6.45, 7) is 2.48. The van der Waals surface area contributed by atoms with Crippen molar-refractivity contribution in [1.29, 1.82) is 0 Å². The second-order valence-electron chi connectivity index (χ2n) is 6.38. The van der Waals surface area contributed by atoms with E-state index in [2.05, 4.69) is 31.4 Å². The van der Waals surface area contributed by atoms with Gasteiger partial charge in [-0.05, 0) is 42.8 Å². The third-order valence-electron chi connectivity index (χ3n) is 4.30. The Hall–Kier alpha value is -3.19. The highest BCUT2D eigenvalue weighted by molar-refractivity contribution is 9.10. The van der Waals surface area contributed by atoms with Gasteiger partial charge in [0.15, 0.2) is 5.69 Å². The van der Waals surface area contributed by atoms with Crippen molar-refractivity contribution in [2.45, 2.75) is 13.5 Å². The fourth-order valence-corrected chi connectivity index (χ4v) is 3.42. The van der Waals surface area contributed by atoms with Gasteiger partial charge in [-0.3, -0.25) is 4.79 Å². The number of benzene rings is 2. The highest BCUT2D eigenvalue weighted by atomic mass is 79.9. The van der Waals surface area contributed by atoms with E-state index < -0.39 is 0 Å². The summed E-state index contributed by atoms with van der Waals surface area (Å²) in [4.78, 5) is 12.7. The van der Waals surface area contributed by atoms with E-state index in [1.54, 1.807) is 27.7 Å². The quantitative estimate of drug-likeness (QED) is 0.503. The number of amides is 1. The first-order valence-electron chi connectivity index (χ1n) is 8.80. The molecule has 4 aromatic rings. The molecule has 0 bridgehead atoms. The third kappa shape index (κ3) is 3.89. The van der Waals surface area contributed by atoms with Crippen LogP contribution in [0.25, 0.3) is 5.69 Å². The zero-order valence-electron chi connectivity index (χ0n) is 15.2. The SMILES string of the molecule is Cc1cc(C(=O)Nc2ccnn2Cc2cccc(Br)c2)nn1-c1ccccc1. The molecule has 1 N–H and O–H groups in total. The molecule has 0 fully saturated rings. The molecular weight excluding hydrogens is 418 g/mol. The van der Waals surface area contributed by atoms with Crippen molar-refractivity contribution >= 4 is 27.7 Å². The smallest absolute Gasteiger partial charge is 0.277 e. The van der Waals surface area contributed by atoms with Gasteiger partial charge in [0.05, 0.1) is 18.4 Å². The Morgan fingerprint density at radius 2 is 1.89 bits per heavy atom. The largest absolute Gasteiger partial charge is 0.305 e. The molecule has 0 spiro atoms. The van der Waals surface area contributed by atoms with E-state index in [0.717, 1.165) is 21.4 Å². The lowest BCUT2D eigenvalue weighted by Crippen LogP contribution is -2.17. The van der Waals surface area contributed by atoms with Crippen LogP contribution in [-0.2, 0) is 6.54 Å². The van der Waals surface area contributed by atoms with Crippen LogP contribution in [0, 0.1) is 6.92 Å². The van der Waals surface area contributed by atoms with Crippen molar-refractivity contribution < 1.29 is 4.79 Å². The summed E-state index contributed by atoms with van der Waals surface area (Å²) < 4.78 is 4.51. The molecule has 140 valence electrons. The predicted octanol–water partition coefficient (Wildman–Crippen LogP) is 4.44. The molecule has 28 heavy (non-hydrogen) atoms. The topological polar surface area (TPSA) is 64.7 Å². The molecule has 2 aromatic heterocycles. The first-order chi connectivity index (χ1) is 13.6. The number of aryl methyl sites for hydroxylation is 1. The van der Waals surface area contributed by atoms with Crippen LogP contribution >= 0.6 is 15.9 Å². The Bertz CT molecular complexity index is 1120. The Balaban J connectivity index is 1.53. The Morgan fingerprint density at radius 1 is 1.07 bits per heavy atom. The van der Waals surface area contributed by atoms with Crippen molar-refractivity contribution in [3.05, 3.63) is 94.4 Å². The van der Waals surface area contributed by atoms with E-state index in [0.29, 0.717) is 18.1 Å². The highest BCUT2D eigenvalue weighted by Crippen LogP contribution is 2.17. The number of para-hydroxylation sites is 1. The number of rotatable bonds is 5. The molecule has 4 rings (SSSR count). The number of hydrogen-bond acceptors (Lipinski definition) is 3. The normalized spacial score (nSPS) is 10.8. The van der Waals surface area contributed by atoms with Gasteiger partial charge in [0.25, 0.3) is 5.91 Å². The van der Waals surface area contributed by atoms with E-state index in [4.69, 9.17) is 0 Å². The average molecular weight is 436 g/mol. The summed E-state index contributed by atoms with van der Waals surface area (Å²) in [5, 5.41) is 11.7. The second kappa shape index (κ2) is 7.82. The summed E-state index contributed by atoms with van der Waals surface area (Å²) in [5.41, 5.74) is 3.24. The van der Waals surface area contributed by atoms with Crippen LogP contribution in [0.4, 0.5) is 5.82 Å². The molecule has 0 saturated heterocycles. The van der Waals surface area contributed by atoms with Crippen LogP contribution in [0.5, 0.6) is 0 Å². The van der Waals surface area contributed by atoms with E-state index in [1.165, 1.54) is 0 Å². The summed E-state index contributed by atoms with van der Waals surface area (Å²) in [7, 11) is 0. The zero-order chi connectivity index (χ0) is 19.5. The van der Waals surface area contributed by atoms with Crippen LogP contribution in [0.3, 0.4) is 0 Å². The van der Waals surface area contributed by atoms with Gasteiger partial charge in [-0.25, -0.2) is 9.36 Å². The number of nitrogens with one attached hydrogen (secondary N) is 1. The number of halogens is 1. The third-order valence-corrected chi connectivity index (χ3v) is 4.79. The average Bonchev–Trinajstić information content (AvgIpc) is 3.29. The van der Waals surface area contributed by atoms with Crippen molar-refractivity contribution in [3.8, 4) is 5.69 Å². The number of carbonyl (C=O) groups excluding carboxylic acids is 1. The molecule has 7 heteroatoms. The van der Waals surface area contributed by atoms with Gasteiger partial charge >= 0.3 is 0 Å². The molecule has 0 radical (unpaired) electrons. The number of aromatic nitrogens is 4. The Labute approximate surface area is 170 Å². The Kier molecular flexibility index (Phi) is 5.08. The van der Waals surface area contributed by atoms with Gasteiger partial charge in [-0.2, -0.15) is 10.2 Å². The number of nitrogens with zero attached hydrogens (tertiary/aromatic N) is 4. The minimum Gasteiger partial charge on any atom is -0.305 e. The molecule has 0 unspecified atom stereocenters. The standard InChI is InChI=1S/C21H18BrN5O/c1-15-12-19(25-27(15)18-8-3-2-4-9-18)21(28)24-20-10-11-23-26(20)14-16-6-5-7-17(22)13-16/h2-13H,14H2,1H3,(H,24,28). The van der Waals surface area contributed by atoms with Gasteiger partial charge in [0, 0.05) is 16.2 Å². The molecule has 0 saturated carbocycles. The monoisotopic (exact) mass is 435 g/mol. The highest BCUT2D eigenvalue weighted by Gasteiger charge is 2.15. The summed E-state index contributed by atoms with van der Waals surface area (Å²) in [5.74, 6) is 0.352. The van der Waals surface area contributed by atoms with Crippen LogP contribution in [0.15, 0.2) is 77.4 Å². The maximum Gasteiger partial charge on any atom is 0.277 e. The molecule has 0 aliphatic heterocycles. The minimum atomic E-state index is -0.270. The molecule has 0 atom stereocenters. The second-order valence-corrected chi connectivity index (χ2v) is 7.29. The molecule has 1 amide bonds. The van der Waals surface area contributed by atoms with Crippen LogP contribution < -0.4 is 5.32 Å². The van der Waals surface area contributed by atoms with Crippen LogP contribution in [0.2, 0.25) is 0 Å². The van der Waals surface area contributed by atoms with E-state index >= 15 is 0 Å². The maximum absolute atomic E-state index is 12.7. The molecule has 2 heterocycles. The Morgan fingerprint density at radius 3 is 2.68 bits per heavy atom. The van der Waals surface area contributed by atoms with Crippen molar-refractivity contribution in [1.82, 2.24) is 19.6 Å². The number of anilines is 1. The lowest BCUT2D eigenvalue weighted by Gasteiger charge is -2.08. The first-order valence-corrected chi connectivity index (χ1v) is 9.59. The fourth-order valence-electron chi connectivity index (χ4n) is 2.97. The molecule has 2 aromatic carbocycles. The number of carbonyl (C=O) groups is 1. The van der Waals surface area contributed by atoms with Crippen LogP contribution in [-0.4, -0.2) is 25.5 Å². The van der Waals surface area contributed by atoms with Gasteiger partial charge in [0.2, 0.25) is 0 Å². The van der Waals surface area contributed by atoms with Crippen molar-refractivity contribution in [2.24, 2.45) is 0 Å². The lowest BCUT2D eigenvalue weighted by atomic mass is 10.2. The molecule has 0 aliphatic carbocycles. The first kappa shape index (κ1) is 18.2. The summed E-state index contributed by atoms with van der Waals surface area (Å²) in [6, 6.07) is 21.3. The fraction of sp³-hybridized carbons (Fsp3) is 0.0952. The van der Waals surface area contributed by atoms with Crippen LogP contribution in [0.1, 0.15) is 21.7 Å². The van der Waals surface area contributed by atoms with Gasteiger partial charge in [-0.15, -0.1) is 0 Å². The lowest BCUT2D eigenvalue weighted by molar-refractivity contribution is 0.102.